The Kier molecular flexibility index (Phi) is 4.91. The topological polar surface area (TPSA) is 58.1 Å². The number of hydrogen-bond acceptors (Lipinski definition) is 4. The highest BCUT2D eigenvalue weighted by Crippen LogP contribution is 2.22. The normalized spacial score (nSPS) is 17.8. The summed E-state index contributed by atoms with van der Waals surface area (Å²) in [6.45, 7) is 4.20. The van der Waals surface area contributed by atoms with E-state index in [1.165, 1.54) is 6.42 Å². The summed E-state index contributed by atoms with van der Waals surface area (Å²) in [5.41, 5.74) is 1.18. The fraction of sp³-hybridized carbons (Fsp3) is 0.353. The summed E-state index contributed by atoms with van der Waals surface area (Å²) < 4.78 is 0.841. The third-order valence-electron chi connectivity index (χ3n) is 3.96. The van der Waals surface area contributed by atoms with Gasteiger partial charge >= 0.3 is 0 Å². The van der Waals surface area contributed by atoms with Gasteiger partial charge in [-0.2, -0.15) is 0 Å². The predicted octanol–water partition coefficient (Wildman–Crippen LogP) is 3.73. The van der Waals surface area contributed by atoms with Crippen LogP contribution < -0.4 is 10.2 Å². The Hall–Kier alpha value is -1.95. The van der Waals surface area contributed by atoms with E-state index in [1.807, 2.05) is 24.3 Å². The molecule has 1 fully saturated rings. The lowest BCUT2D eigenvalue weighted by atomic mass is 10.0. The molecule has 0 bridgehead atoms. The zero-order valence-electron chi connectivity index (χ0n) is 13.0. The molecule has 0 aliphatic carbocycles. The van der Waals surface area contributed by atoms with E-state index < -0.39 is 0 Å². The van der Waals surface area contributed by atoms with Gasteiger partial charge in [0.05, 0.1) is 11.3 Å². The second kappa shape index (κ2) is 7.08. The largest absolute Gasteiger partial charge is 0.341 e. The van der Waals surface area contributed by atoms with Gasteiger partial charge in [0.2, 0.25) is 5.95 Å². The fourth-order valence-electron chi connectivity index (χ4n) is 2.73. The summed E-state index contributed by atoms with van der Waals surface area (Å²) in [6, 6.07) is 7.49. The number of anilines is 2. The molecule has 23 heavy (non-hydrogen) atoms. The van der Waals surface area contributed by atoms with Crippen molar-refractivity contribution in [1.29, 1.82) is 0 Å². The summed E-state index contributed by atoms with van der Waals surface area (Å²) in [4.78, 5) is 23.2. The van der Waals surface area contributed by atoms with Gasteiger partial charge in [-0.3, -0.25) is 4.79 Å². The quantitative estimate of drug-likeness (QED) is 0.888. The molecule has 6 heteroatoms. The monoisotopic (exact) mass is 374 g/mol. The van der Waals surface area contributed by atoms with Crippen LogP contribution in [0.25, 0.3) is 0 Å². The molecule has 1 aliphatic rings. The van der Waals surface area contributed by atoms with Crippen molar-refractivity contribution in [3.63, 3.8) is 0 Å². The summed E-state index contributed by atoms with van der Waals surface area (Å²) >= 11 is 3.41. The first-order valence-electron chi connectivity index (χ1n) is 7.76. The number of benzene rings is 1. The fourth-order valence-corrected chi connectivity index (χ4v) is 3.11. The minimum Gasteiger partial charge on any atom is -0.341 e. The molecule has 2 aromatic rings. The second-order valence-electron chi connectivity index (χ2n) is 5.90. The Balaban J connectivity index is 1.69. The van der Waals surface area contributed by atoms with E-state index in [1.54, 1.807) is 12.4 Å². The van der Waals surface area contributed by atoms with E-state index in [9.17, 15) is 4.79 Å². The molecule has 1 N–H and O–H groups in total. The maximum absolute atomic E-state index is 12.3. The van der Waals surface area contributed by atoms with Crippen LogP contribution in [0, 0.1) is 5.92 Å². The van der Waals surface area contributed by atoms with E-state index in [4.69, 9.17) is 0 Å². The van der Waals surface area contributed by atoms with Crippen LogP contribution in [-0.2, 0) is 0 Å². The van der Waals surface area contributed by atoms with Crippen LogP contribution in [0.1, 0.15) is 30.1 Å². The zero-order valence-corrected chi connectivity index (χ0v) is 14.6. The van der Waals surface area contributed by atoms with Crippen molar-refractivity contribution in [2.45, 2.75) is 19.8 Å². The Morgan fingerprint density at radius 2 is 2.04 bits per heavy atom. The minimum absolute atomic E-state index is 0.213. The van der Waals surface area contributed by atoms with Crippen molar-refractivity contribution in [2.24, 2.45) is 5.92 Å². The van der Waals surface area contributed by atoms with Crippen LogP contribution in [0.4, 0.5) is 11.6 Å². The molecule has 1 amide bonds. The molecule has 0 radical (unpaired) electrons. The summed E-state index contributed by atoms with van der Waals surface area (Å²) in [7, 11) is 0. The van der Waals surface area contributed by atoms with Crippen molar-refractivity contribution >= 4 is 33.5 Å². The number of nitrogens with zero attached hydrogens (tertiary/aromatic N) is 3. The van der Waals surface area contributed by atoms with Crippen LogP contribution in [-0.4, -0.2) is 29.0 Å². The van der Waals surface area contributed by atoms with Crippen molar-refractivity contribution in [3.8, 4) is 0 Å². The first-order valence-corrected chi connectivity index (χ1v) is 8.55. The minimum atomic E-state index is -0.213. The second-order valence-corrected chi connectivity index (χ2v) is 6.75. The van der Waals surface area contributed by atoms with Gasteiger partial charge in [-0.15, -0.1) is 0 Å². The van der Waals surface area contributed by atoms with E-state index in [-0.39, 0.29) is 5.91 Å². The van der Waals surface area contributed by atoms with Crippen molar-refractivity contribution in [2.75, 3.05) is 23.3 Å². The molecule has 1 saturated heterocycles. The maximum atomic E-state index is 12.3. The summed E-state index contributed by atoms with van der Waals surface area (Å²) in [5.74, 6) is 1.15. The molecule has 120 valence electrons. The third kappa shape index (κ3) is 3.88. The van der Waals surface area contributed by atoms with Crippen LogP contribution in [0.5, 0.6) is 0 Å². The number of halogens is 1. The van der Waals surface area contributed by atoms with Crippen LogP contribution in [0.3, 0.4) is 0 Å². The number of amides is 1. The molecular formula is C17H19BrN4O. The van der Waals surface area contributed by atoms with Gasteiger partial charge in [0.25, 0.3) is 5.91 Å². The average molecular weight is 375 g/mol. The highest BCUT2D eigenvalue weighted by molar-refractivity contribution is 9.10. The Bertz CT molecular complexity index is 689. The van der Waals surface area contributed by atoms with E-state index in [0.717, 1.165) is 29.7 Å². The van der Waals surface area contributed by atoms with Gasteiger partial charge in [-0.05, 0) is 46.8 Å². The lowest BCUT2D eigenvalue weighted by molar-refractivity contribution is 0.102. The number of para-hydroxylation sites is 1. The molecule has 1 aromatic heterocycles. The molecule has 1 aliphatic heterocycles. The smallest absolute Gasteiger partial charge is 0.258 e. The molecule has 1 unspecified atom stereocenters. The Morgan fingerprint density at radius 3 is 2.74 bits per heavy atom. The highest BCUT2D eigenvalue weighted by Gasteiger charge is 2.19. The maximum Gasteiger partial charge on any atom is 0.258 e. The first kappa shape index (κ1) is 15.9. The number of rotatable bonds is 3. The van der Waals surface area contributed by atoms with Crippen molar-refractivity contribution in [1.82, 2.24) is 9.97 Å². The molecule has 2 heterocycles. The van der Waals surface area contributed by atoms with E-state index in [0.29, 0.717) is 17.4 Å². The molecule has 3 rings (SSSR count). The molecular weight excluding hydrogens is 356 g/mol. The van der Waals surface area contributed by atoms with Gasteiger partial charge < -0.3 is 10.2 Å². The SMILES string of the molecule is CC1CCCN(c2ncc(C(=O)Nc3ccccc3Br)cn2)C1. The number of carbonyl (C=O) groups excluding carboxylic acids is 1. The van der Waals surface area contributed by atoms with Crippen LogP contribution in [0.2, 0.25) is 0 Å². The van der Waals surface area contributed by atoms with Gasteiger partial charge in [-0.25, -0.2) is 9.97 Å². The average Bonchev–Trinajstić information content (AvgIpc) is 2.57. The van der Waals surface area contributed by atoms with Crippen LogP contribution >= 0.6 is 15.9 Å². The number of piperidine rings is 1. The number of aromatic nitrogens is 2. The van der Waals surface area contributed by atoms with Crippen molar-refractivity contribution in [3.05, 3.63) is 46.7 Å². The third-order valence-corrected chi connectivity index (χ3v) is 4.65. The van der Waals surface area contributed by atoms with Gasteiger partial charge in [0.1, 0.15) is 0 Å². The van der Waals surface area contributed by atoms with Gasteiger partial charge in [0.15, 0.2) is 0 Å². The number of nitrogens with one attached hydrogen (secondary N) is 1. The molecule has 0 saturated carbocycles. The molecule has 0 spiro atoms. The lowest BCUT2D eigenvalue weighted by Crippen LogP contribution is -2.35. The summed E-state index contributed by atoms with van der Waals surface area (Å²) in [6.07, 6.45) is 5.60. The standard InChI is InChI=1S/C17H19BrN4O/c1-12-5-4-8-22(11-12)17-19-9-13(10-20-17)16(23)21-15-7-3-2-6-14(15)18/h2-3,6-7,9-10,12H,4-5,8,11H2,1H3,(H,21,23). The van der Waals surface area contributed by atoms with Gasteiger partial charge in [0, 0.05) is 30.0 Å². The number of hydrogen-bond donors (Lipinski definition) is 1. The highest BCUT2D eigenvalue weighted by atomic mass is 79.9. The van der Waals surface area contributed by atoms with Crippen molar-refractivity contribution < 1.29 is 4.79 Å². The lowest BCUT2D eigenvalue weighted by Gasteiger charge is -2.30. The van der Waals surface area contributed by atoms with Crippen LogP contribution in [0.15, 0.2) is 41.1 Å². The predicted molar refractivity (Wildman–Crippen MR) is 94.7 cm³/mol. The number of carbonyl (C=O) groups is 1. The Labute approximate surface area is 144 Å². The zero-order chi connectivity index (χ0) is 16.2. The molecule has 1 atom stereocenters. The van der Waals surface area contributed by atoms with E-state index in [2.05, 4.69) is 43.0 Å². The van der Waals surface area contributed by atoms with E-state index >= 15 is 0 Å². The summed E-state index contributed by atoms with van der Waals surface area (Å²) in [5, 5.41) is 2.85. The molecule has 5 nitrogen and oxygen atoms in total. The first-order chi connectivity index (χ1) is 11.1. The van der Waals surface area contributed by atoms with Gasteiger partial charge in [-0.1, -0.05) is 19.1 Å². The Morgan fingerprint density at radius 1 is 1.30 bits per heavy atom. The molecule has 1 aromatic carbocycles.